The van der Waals surface area contributed by atoms with Crippen LogP contribution in [0.25, 0.3) is 16.9 Å². The Kier molecular flexibility index (Phi) is 6.24. The van der Waals surface area contributed by atoms with Gasteiger partial charge in [-0.05, 0) is 32.4 Å². The van der Waals surface area contributed by atoms with Gasteiger partial charge >= 0.3 is 6.03 Å². The first kappa shape index (κ1) is 22.6. The van der Waals surface area contributed by atoms with Gasteiger partial charge in [0, 0.05) is 11.3 Å². The summed E-state index contributed by atoms with van der Waals surface area (Å²) in [6.07, 6.45) is 2.20. The van der Waals surface area contributed by atoms with Crippen molar-refractivity contribution in [3.05, 3.63) is 66.4 Å². The molecule has 0 spiro atoms. The van der Waals surface area contributed by atoms with Crippen LogP contribution < -0.4 is 10.7 Å². The molecule has 0 saturated carbocycles. The summed E-state index contributed by atoms with van der Waals surface area (Å²) in [6.45, 7) is 5.46. The number of hydrazine groups is 1. The van der Waals surface area contributed by atoms with Gasteiger partial charge in [-0.25, -0.2) is 9.78 Å². The number of imide groups is 1. The van der Waals surface area contributed by atoms with Crippen LogP contribution in [0.3, 0.4) is 0 Å². The lowest BCUT2D eigenvalue weighted by Crippen LogP contribution is -2.49. The molecule has 0 aliphatic carbocycles. The Morgan fingerprint density at radius 2 is 1.82 bits per heavy atom. The fraction of sp³-hybridized carbons (Fsp3) is 0.250. The van der Waals surface area contributed by atoms with E-state index >= 15 is 0 Å². The Morgan fingerprint density at radius 3 is 2.45 bits per heavy atom. The van der Waals surface area contributed by atoms with Crippen molar-refractivity contribution in [1.29, 1.82) is 0 Å². The van der Waals surface area contributed by atoms with Gasteiger partial charge < -0.3 is 5.32 Å². The Balaban J connectivity index is 1.54. The van der Waals surface area contributed by atoms with Crippen molar-refractivity contribution in [3.63, 3.8) is 0 Å². The number of thioether (sulfide) groups is 1. The molecule has 4 amide bonds. The van der Waals surface area contributed by atoms with Crippen molar-refractivity contribution in [1.82, 2.24) is 25.3 Å². The normalized spacial score (nSPS) is 17.8. The molecule has 170 valence electrons. The van der Waals surface area contributed by atoms with Crippen LogP contribution in [0.1, 0.15) is 25.8 Å². The highest BCUT2D eigenvalue weighted by Gasteiger charge is 2.47. The number of imidazole rings is 1. The fourth-order valence-corrected chi connectivity index (χ4v) is 4.29. The van der Waals surface area contributed by atoms with Crippen molar-refractivity contribution in [2.45, 2.75) is 37.9 Å². The van der Waals surface area contributed by atoms with Gasteiger partial charge in [0.1, 0.15) is 5.54 Å². The van der Waals surface area contributed by atoms with E-state index in [-0.39, 0.29) is 5.75 Å². The van der Waals surface area contributed by atoms with Crippen LogP contribution in [0.2, 0.25) is 0 Å². The fourth-order valence-electron chi connectivity index (χ4n) is 3.51. The monoisotopic (exact) mass is 463 g/mol. The average Bonchev–Trinajstić information content (AvgIpc) is 3.33. The molecular formula is C24H25N5O3S. The van der Waals surface area contributed by atoms with E-state index in [4.69, 9.17) is 0 Å². The minimum atomic E-state index is -1.01. The second kappa shape index (κ2) is 9.11. The molecule has 0 bridgehead atoms. The van der Waals surface area contributed by atoms with Gasteiger partial charge in [-0.2, -0.15) is 5.01 Å². The summed E-state index contributed by atoms with van der Waals surface area (Å²) in [5.41, 5.74) is 5.37. The maximum Gasteiger partial charge on any atom is 0.344 e. The van der Waals surface area contributed by atoms with Gasteiger partial charge in [-0.3, -0.25) is 19.6 Å². The van der Waals surface area contributed by atoms with Crippen molar-refractivity contribution in [3.8, 4) is 16.9 Å². The molecular weight excluding hydrogens is 438 g/mol. The Bertz CT molecular complexity index is 1190. The quantitative estimate of drug-likeness (QED) is 0.412. The topological polar surface area (TPSA) is 96.3 Å². The summed E-state index contributed by atoms with van der Waals surface area (Å²) in [5.74, 6) is -0.957. The third kappa shape index (κ3) is 4.49. The van der Waals surface area contributed by atoms with Crippen LogP contribution >= 0.6 is 11.8 Å². The largest absolute Gasteiger partial charge is 0.344 e. The summed E-state index contributed by atoms with van der Waals surface area (Å²) >= 11 is 1.23. The van der Waals surface area contributed by atoms with Gasteiger partial charge in [0.15, 0.2) is 5.16 Å². The first-order valence-electron chi connectivity index (χ1n) is 10.6. The molecule has 9 heteroatoms. The molecule has 1 saturated heterocycles. The van der Waals surface area contributed by atoms with Crippen LogP contribution in [0.15, 0.2) is 66.0 Å². The molecule has 1 atom stereocenters. The van der Waals surface area contributed by atoms with E-state index in [1.165, 1.54) is 11.8 Å². The first-order chi connectivity index (χ1) is 15.8. The minimum absolute atomic E-state index is 0.0169. The van der Waals surface area contributed by atoms with Crippen LogP contribution in [0, 0.1) is 6.92 Å². The highest BCUT2D eigenvalue weighted by atomic mass is 32.2. The van der Waals surface area contributed by atoms with Crippen molar-refractivity contribution in [2.75, 3.05) is 5.75 Å². The number of amides is 4. The maximum atomic E-state index is 12.6. The van der Waals surface area contributed by atoms with E-state index in [0.29, 0.717) is 11.6 Å². The number of hydrogen-bond acceptors (Lipinski definition) is 5. The van der Waals surface area contributed by atoms with Crippen LogP contribution in [-0.4, -0.2) is 43.7 Å². The Morgan fingerprint density at radius 1 is 1.12 bits per heavy atom. The Hall–Kier alpha value is -3.59. The molecule has 8 nitrogen and oxygen atoms in total. The molecule has 1 unspecified atom stereocenters. The average molecular weight is 464 g/mol. The van der Waals surface area contributed by atoms with Crippen LogP contribution in [0.4, 0.5) is 4.79 Å². The predicted molar refractivity (Wildman–Crippen MR) is 127 cm³/mol. The second-order valence-corrected chi connectivity index (χ2v) is 8.99. The molecule has 33 heavy (non-hydrogen) atoms. The predicted octanol–water partition coefficient (Wildman–Crippen LogP) is 3.69. The molecule has 3 aromatic rings. The molecule has 2 heterocycles. The molecule has 2 N–H and O–H groups in total. The van der Waals surface area contributed by atoms with Gasteiger partial charge in [-0.15, -0.1) is 0 Å². The number of nitrogens with zero attached hydrogens (tertiary/aromatic N) is 3. The smallest absolute Gasteiger partial charge is 0.322 e. The summed E-state index contributed by atoms with van der Waals surface area (Å²) in [4.78, 5) is 41.8. The zero-order chi connectivity index (χ0) is 23.6. The summed E-state index contributed by atoms with van der Waals surface area (Å²) in [6, 6.07) is 17.3. The number of nitrogens with one attached hydrogen (secondary N) is 2. The van der Waals surface area contributed by atoms with Crippen molar-refractivity contribution < 1.29 is 14.4 Å². The molecule has 1 aliphatic rings. The van der Waals surface area contributed by atoms with Gasteiger partial charge in [0.2, 0.25) is 5.91 Å². The zero-order valence-electron chi connectivity index (χ0n) is 18.7. The Labute approximate surface area is 196 Å². The number of aromatic nitrogens is 2. The van der Waals surface area contributed by atoms with E-state index in [1.54, 1.807) is 20.0 Å². The van der Waals surface area contributed by atoms with E-state index in [2.05, 4.69) is 15.7 Å². The lowest BCUT2D eigenvalue weighted by atomic mass is 10.00. The SMILES string of the molecule is CCC1(C)NC(=O)N(NC(=O)CSc2ncc(-c3ccccc3)n2-c2ccc(C)cc2)C1=O. The van der Waals surface area contributed by atoms with E-state index < -0.39 is 23.4 Å². The summed E-state index contributed by atoms with van der Waals surface area (Å²) in [5, 5.41) is 4.00. The number of carbonyl (C=O) groups is 3. The van der Waals surface area contributed by atoms with E-state index in [9.17, 15) is 14.4 Å². The molecule has 0 radical (unpaired) electrons. The van der Waals surface area contributed by atoms with E-state index in [0.717, 1.165) is 27.5 Å². The number of carbonyl (C=O) groups excluding carboxylic acids is 3. The summed E-state index contributed by atoms with van der Waals surface area (Å²) in [7, 11) is 0. The molecule has 4 rings (SSSR count). The third-order valence-corrected chi connectivity index (χ3v) is 6.58. The number of hydrogen-bond donors (Lipinski definition) is 2. The number of benzene rings is 2. The molecule has 2 aromatic carbocycles. The number of aryl methyl sites for hydroxylation is 1. The van der Waals surface area contributed by atoms with Crippen molar-refractivity contribution in [2.24, 2.45) is 0 Å². The van der Waals surface area contributed by atoms with Gasteiger partial charge in [0.25, 0.3) is 5.91 Å². The van der Waals surface area contributed by atoms with E-state index in [1.807, 2.05) is 66.1 Å². The highest BCUT2D eigenvalue weighted by molar-refractivity contribution is 7.99. The number of rotatable bonds is 7. The second-order valence-electron chi connectivity index (χ2n) is 8.04. The zero-order valence-corrected chi connectivity index (χ0v) is 19.5. The number of urea groups is 1. The highest BCUT2D eigenvalue weighted by Crippen LogP contribution is 2.30. The third-order valence-electron chi connectivity index (χ3n) is 5.63. The van der Waals surface area contributed by atoms with Gasteiger partial charge in [-0.1, -0.05) is 66.7 Å². The lowest BCUT2D eigenvalue weighted by molar-refractivity contribution is -0.137. The maximum absolute atomic E-state index is 12.6. The molecule has 1 fully saturated rings. The van der Waals surface area contributed by atoms with Gasteiger partial charge in [0.05, 0.1) is 17.6 Å². The van der Waals surface area contributed by atoms with Crippen LogP contribution in [0.5, 0.6) is 0 Å². The molecule has 1 aliphatic heterocycles. The minimum Gasteiger partial charge on any atom is -0.322 e. The lowest BCUT2D eigenvalue weighted by Gasteiger charge is -2.19. The standard InChI is InChI=1S/C24H25N5O3S/c1-4-24(3)21(31)29(22(32)26-24)27-20(30)15-33-23-25-14-19(17-8-6-5-7-9-17)28(23)18-12-10-16(2)11-13-18/h5-14H,4,15H2,1-3H3,(H,26,32)(H,27,30). The van der Waals surface area contributed by atoms with Crippen molar-refractivity contribution >= 4 is 29.6 Å². The first-order valence-corrected chi connectivity index (χ1v) is 11.6. The molecule has 1 aromatic heterocycles. The summed E-state index contributed by atoms with van der Waals surface area (Å²) < 4.78 is 1.99. The van der Waals surface area contributed by atoms with Crippen LogP contribution in [-0.2, 0) is 9.59 Å².